The molecule has 1 amide bonds. The Hall–Kier alpha value is -0.390. The van der Waals surface area contributed by atoms with Crippen molar-refractivity contribution in [2.24, 2.45) is 0 Å². The monoisotopic (exact) mass is 400 g/mol. The Balaban J connectivity index is 1.84. The molecule has 2 aliphatic rings. The summed E-state index contributed by atoms with van der Waals surface area (Å²) in [5.41, 5.74) is 0.748. The lowest BCUT2D eigenvalue weighted by molar-refractivity contribution is 0.0394. The summed E-state index contributed by atoms with van der Waals surface area (Å²) >= 11 is 6.94. The highest BCUT2D eigenvalue weighted by Gasteiger charge is 2.37. The SMILES string of the molecule is CC1CN2CCCC2CN1C(=O)c1cc(Br)ccc1Br. The van der Waals surface area contributed by atoms with Gasteiger partial charge in [-0.05, 0) is 60.4 Å². The highest BCUT2D eigenvalue weighted by atomic mass is 79.9. The molecule has 5 heteroatoms. The van der Waals surface area contributed by atoms with Crippen molar-refractivity contribution in [2.45, 2.75) is 31.8 Å². The van der Waals surface area contributed by atoms with E-state index in [1.807, 2.05) is 23.1 Å². The van der Waals surface area contributed by atoms with Crippen molar-refractivity contribution in [1.29, 1.82) is 0 Å². The number of carbonyl (C=O) groups excluding carboxylic acids is 1. The van der Waals surface area contributed by atoms with Crippen molar-refractivity contribution in [1.82, 2.24) is 9.80 Å². The second kappa shape index (κ2) is 5.78. The van der Waals surface area contributed by atoms with Gasteiger partial charge >= 0.3 is 0 Å². The lowest BCUT2D eigenvalue weighted by Gasteiger charge is -2.42. The van der Waals surface area contributed by atoms with E-state index in [2.05, 4.69) is 43.7 Å². The molecular formula is C15H18Br2N2O. The molecule has 20 heavy (non-hydrogen) atoms. The van der Waals surface area contributed by atoms with Gasteiger partial charge in [0.1, 0.15) is 0 Å². The van der Waals surface area contributed by atoms with Crippen LogP contribution in [0.3, 0.4) is 0 Å². The molecule has 3 nitrogen and oxygen atoms in total. The number of piperazine rings is 1. The van der Waals surface area contributed by atoms with Crippen LogP contribution in [0.5, 0.6) is 0 Å². The second-order valence-electron chi connectivity index (χ2n) is 5.72. The van der Waals surface area contributed by atoms with Gasteiger partial charge in [-0.2, -0.15) is 0 Å². The van der Waals surface area contributed by atoms with Crippen LogP contribution < -0.4 is 0 Å². The molecule has 2 atom stereocenters. The third-order valence-electron chi connectivity index (χ3n) is 4.36. The molecule has 0 radical (unpaired) electrons. The van der Waals surface area contributed by atoms with E-state index in [-0.39, 0.29) is 11.9 Å². The summed E-state index contributed by atoms with van der Waals surface area (Å²) in [5.74, 6) is 0.136. The van der Waals surface area contributed by atoms with Gasteiger partial charge in [-0.25, -0.2) is 0 Å². The van der Waals surface area contributed by atoms with E-state index in [1.165, 1.54) is 19.4 Å². The molecule has 2 aliphatic heterocycles. The van der Waals surface area contributed by atoms with E-state index in [0.29, 0.717) is 6.04 Å². The number of hydrogen-bond donors (Lipinski definition) is 0. The van der Waals surface area contributed by atoms with Crippen LogP contribution >= 0.6 is 31.9 Å². The van der Waals surface area contributed by atoms with Gasteiger partial charge < -0.3 is 4.90 Å². The molecule has 2 heterocycles. The van der Waals surface area contributed by atoms with Gasteiger partial charge in [0, 0.05) is 34.1 Å². The highest BCUT2D eigenvalue weighted by Crippen LogP contribution is 2.28. The Bertz CT molecular complexity index is 535. The molecule has 0 saturated carbocycles. The Morgan fingerprint density at radius 3 is 2.90 bits per heavy atom. The average Bonchev–Trinajstić information content (AvgIpc) is 2.87. The maximum atomic E-state index is 12.8. The minimum atomic E-state index is 0.136. The third-order valence-corrected chi connectivity index (χ3v) is 5.54. The van der Waals surface area contributed by atoms with E-state index in [4.69, 9.17) is 0 Å². The molecule has 2 unspecified atom stereocenters. The van der Waals surface area contributed by atoms with Crippen molar-refractivity contribution in [3.8, 4) is 0 Å². The third kappa shape index (κ3) is 2.68. The first-order valence-corrected chi connectivity index (χ1v) is 8.65. The summed E-state index contributed by atoms with van der Waals surface area (Å²) in [4.78, 5) is 17.4. The van der Waals surface area contributed by atoms with Crippen LogP contribution in [0.2, 0.25) is 0 Å². The maximum absolute atomic E-state index is 12.8. The summed E-state index contributed by atoms with van der Waals surface area (Å²) in [5, 5.41) is 0. The Kier molecular flexibility index (Phi) is 4.20. The first-order chi connectivity index (χ1) is 9.56. The number of halogens is 2. The quantitative estimate of drug-likeness (QED) is 0.718. The molecule has 0 aliphatic carbocycles. The van der Waals surface area contributed by atoms with E-state index in [1.54, 1.807) is 0 Å². The standard InChI is InChI=1S/C15H18Br2N2O/c1-10-8-18-6-2-3-12(18)9-19(10)15(20)13-7-11(16)4-5-14(13)17/h4-5,7,10,12H,2-3,6,8-9H2,1H3. The number of nitrogens with zero attached hydrogens (tertiary/aromatic N) is 2. The summed E-state index contributed by atoms with van der Waals surface area (Å²) in [6.45, 7) is 5.21. The highest BCUT2D eigenvalue weighted by molar-refractivity contribution is 9.11. The number of benzene rings is 1. The topological polar surface area (TPSA) is 23.6 Å². The van der Waals surface area contributed by atoms with Crippen LogP contribution in [0.4, 0.5) is 0 Å². The van der Waals surface area contributed by atoms with Gasteiger partial charge in [0.05, 0.1) is 5.56 Å². The number of rotatable bonds is 1. The Labute approximate surface area is 136 Å². The molecule has 3 rings (SSSR count). The van der Waals surface area contributed by atoms with Gasteiger partial charge in [-0.3, -0.25) is 9.69 Å². The zero-order chi connectivity index (χ0) is 14.3. The zero-order valence-corrected chi connectivity index (χ0v) is 14.7. The predicted octanol–water partition coefficient (Wildman–Crippen LogP) is 3.52. The van der Waals surface area contributed by atoms with Crippen LogP contribution in [0, 0.1) is 0 Å². The van der Waals surface area contributed by atoms with E-state index in [9.17, 15) is 4.79 Å². The van der Waals surface area contributed by atoms with Gasteiger partial charge in [0.2, 0.25) is 0 Å². The summed E-state index contributed by atoms with van der Waals surface area (Å²) in [7, 11) is 0. The maximum Gasteiger partial charge on any atom is 0.255 e. The zero-order valence-electron chi connectivity index (χ0n) is 11.5. The first-order valence-electron chi connectivity index (χ1n) is 7.06. The molecule has 2 fully saturated rings. The van der Waals surface area contributed by atoms with Gasteiger partial charge in [-0.15, -0.1) is 0 Å². The number of amides is 1. The molecule has 0 spiro atoms. The van der Waals surface area contributed by atoms with E-state index >= 15 is 0 Å². The van der Waals surface area contributed by atoms with Crippen molar-refractivity contribution in [3.63, 3.8) is 0 Å². The largest absolute Gasteiger partial charge is 0.333 e. The molecule has 0 aromatic heterocycles. The fourth-order valence-electron chi connectivity index (χ4n) is 3.29. The summed E-state index contributed by atoms with van der Waals surface area (Å²) in [6.07, 6.45) is 2.48. The predicted molar refractivity (Wildman–Crippen MR) is 86.9 cm³/mol. The van der Waals surface area contributed by atoms with Crippen LogP contribution in [-0.2, 0) is 0 Å². The lowest BCUT2D eigenvalue weighted by Crippen LogP contribution is -2.56. The smallest absolute Gasteiger partial charge is 0.255 e. The molecule has 2 saturated heterocycles. The van der Waals surface area contributed by atoms with Gasteiger partial charge in [-0.1, -0.05) is 15.9 Å². The van der Waals surface area contributed by atoms with Gasteiger partial charge in [0.25, 0.3) is 5.91 Å². The minimum Gasteiger partial charge on any atom is -0.333 e. The molecule has 1 aromatic carbocycles. The average molecular weight is 402 g/mol. The molecule has 0 bridgehead atoms. The minimum absolute atomic E-state index is 0.136. The molecule has 108 valence electrons. The summed E-state index contributed by atoms with van der Waals surface area (Å²) in [6, 6.07) is 6.61. The summed E-state index contributed by atoms with van der Waals surface area (Å²) < 4.78 is 1.81. The number of fused-ring (bicyclic) bond motifs is 1. The normalized spacial score (nSPS) is 26.6. The number of carbonyl (C=O) groups is 1. The second-order valence-corrected chi connectivity index (χ2v) is 7.49. The van der Waals surface area contributed by atoms with Crippen molar-refractivity contribution >= 4 is 37.8 Å². The van der Waals surface area contributed by atoms with Crippen molar-refractivity contribution < 1.29 is 4.79 Å². The van der Waals surface area contributed by atoms with Crippen LogP contribution in [0.1, 0.15) is 30.1 Å². The van der Waals surface area contributed by atoms with Crippen LogP contribution in [0.25, 0.3) is 0 Å². The van der Waals surface area contributed by atoms with Crippen LogP contribution in [0.15, 0.2) is 27.1 Å². The lowest BCUT2D eigenvalue weighted by atomic mass is 10.1. The van der Waals surface area contributed by atoms with E-state index < -0.39 is 0 Å². The Morgan fingerprint density at radius 2 is 2.10 bits per heavy atom. The first kappa shape index (κ1) is 14.5. The molecule has 1 aromatic rings. The van der Waals surface area contributed by atoms with E-state index in [0.717, 1.165) is 27.6 Å². The van der Waals surface area contributed by atoms with Gasteiger partial charge in [0.15, 0.2) is 0 Å². The van der Waals surface area contributed by atoms with Crippen molar-refractivity contribution in [2.75, 3.05) is 19.6 Å². The number of hydrogen-bond acceptors (Lipinski definition) is 2. The fourth-order valence-corrected chi connectivity index (χ4v) is 4.06. The Morgan fingerprint density at radius 1 is 1.30 bits per heavy atom. The molecular weight excluding hydrogens is 384 g/mol. The fraction of sp³-hybridized carbons (Fsp3) is 0.533. The van der Waals surface area contributed by atoms with Crippen LogP contribution in [-0.4, -0.2) is 47.4 Å². The van der Waals surface area contributed by atoms with Crippen molar-refractivity contribution in [3.05, 3.63) is 32.7 Å². The molecule has 0 N–H and O–H groups in total.